The summed E-state index contributed by atoms with van der Waals surface area (Å²) in [4.78, 5) is 28.1. The number of halogens is 1. The zero-order chi connectivity index (χ0) is 26.2. The van der Waals surface area contributed by atoms with Crippen LogP contribution in [0, 0.1) is 5.82 Å². The number of anilines is 1. The minimum atomic E-state index is -0.968. The number of nitrogens with zero attached hydrogens (tertiary/aromatic N) is 1. The van der Waals surface area contributed by atoms with E-state index in [-0.39, 0.29) is 11.3 Å². The number of hydrogen-bond acceptors (Lipinski definition) is 5. The largest absolute Gasteiger partial charge is 0.507 e. The van der Waals surface area contributed by atoms with Gasteiger partial charge in [0.1, 0.15) is 28.8 Å². The van der Waals surface area contributed by atoms with Crippen LogP contribution in [-0.2, 0) is 16.0 Å². The van der Waals surface area contributed by atoms with Crippen molar-refractivity contribution in [3.8, 4) is 17.2 Å². The van der Waals surface area contributed by atoms with Crippen LogP contribution in [-0.4, -0.2) is 23.4 Å². The van der Waals surface area contributed by atoms with E-state index in [1.54, 1.807) is 42.5 Å². The number of rotatable bonds is 5. The van der Waals surface area contributed by atoms with E-state index in [0.29, 0.717) is 41.3 Å². The number of ether oxygens (including phenoxy) is 2. The number of fused-ring (bicyclic) bond motifs is 1. The predicted molar refractivity (Wildman–Crippen MR) is 140 cm³/mol. The summed E-state index contributed by atoms with van der Waals surface area (Å²) in [6.45, 7) is 0.544. The van der Waals surface area contributed by atoms with Gasteiger partial charge in [0.25, 0.3) is 11.7 Å². The second-order valence-corrected chi connectivity index (χ2v) is 9.05. The Kier molecular flexibility index (Phi) is 5.88. The third kappa shape index (κ3) is 4.18. The number of amides is 1. The second kappa shape index (κ2) is 9.52. The van der Waals surface area contributed by atoms with E-state index in [9.17, 15) is 19.1 Å². The van der Waals surface area contributed by atoms with Crippen LogP contribution in [0.1, 0.15) is 22.7 Å². The summed E-state index contributed by atoms with van der Waals surface area (Å²) in [6.07, 6.45) is 0.683. The molecular weight excluding hydrogens is 485 g/mol. The van der Waals surface area contributed by atoms with Gasteiger partial charge >= 0.3 is 0 Å². The Hall–Kier alpha value is -4.91. The first-order valence-corrected chi connectivity index (χ1v) is 12.1. The fourth-order valence-electron chi connectivity index (χ4n) is 4.88. The van der Waals surface area contributed by atoms with Crippen LogP contribution in [0.2, 0.25) is 0 Å². The van der Waals surface area contributed by atoms with E-state index in [2.05, 4.69) is 0 Å². The molecule has 0 aromatic heterocycles. The molecule has 1 fully saturated rings. The van der Waals surface area contributed by atoms with Crippen LogP contribution in [0.3, 0.4) is 0 Å². The average molecular weight is 508 g/mol. The van der Waals surface area contributed by atoms with Gasteiger partial charge in [-0.1, -0.05) is 30.3 Å². The van der Waals surface area contributed by atoms with E-state index >= 15 is 0 Å². The van der Waals surface area contributed by atoms with Crippen molar-refractivity contribution < 1.29 is 28.6 Å². The standard InChI is InChI=1S/C31H22FNO5/c32-22-10-12-23(13-11-22)33-28(20-5-4-8-25(18-20)38-24-6-2-1-3-7-24)27(30(35)31(33)36)29(34)21-9-14-26-19(17-21)15-16-37-26/h1-14,17-18,28,34H,15-16H2/b29-27-. The molecule has 1 N–H and O–H groups in total. The number of aliphatic hydroxyl groups is 1. The average Bonchev–Trinajstić information content (AvgIpc) is 3.51. The Balaban J connectivity index is 1.49. The molecule has 1 unspecified atom stereocenters. The summed E-state index contributed by atoms with van der Waals surface area (Å²) in [6, 6.07) is 25.7. The van der Waals surface area contributed by atoms with Gasteiger partial charge in [0, 0.05) is 17.7 Å². The number of carbonyl (C=O) groups excluding carboxylic acids is 2. The number of hydrogen-bond donors (Lipinski definition) is 1. The fraction of sp³-hybridized carbons (Fsp3) is 0.0968. The predicted octanol–water partition coefficient (Wildman–Crippen LogP) is 6.18. The van der Waals surface area contributed by atoms with Gasteiger partial charge in [-0.3, -0.25) is 14.5 Å². The van der Waals surface area contributed by atoms with Gasteiger partial charge in [0.15, 0.2) is 0 Å². The lowest BCUT2D eigenvalue weighted by molar-refractivity contribution is -0.132. The first-order chi connectivity index (χ1) is 18.5. The van der Waals surface area contributed by atoms with Crippen molar-refractivity contribution in [2.75, 3.05) is 11.5 Å². The van der Waals surface area contributed by atoms with Crippen LogP contribution < -0.4 is 14.4 Å². The van der Waals surface area contributed by atoms with Crippen molar-refractivity contribution in [3.05, 3.63) is 125 Å². The molecule has 188 valence electrons. The number of ketones is 1. The molecule has 1 saturated heterocycles. The van der Waals surface area contributed by atoms with E-state index in [0.717, 1.165) is 11.3 Å². The van der Waals surface area contributed by atoms with Gasteiger partial charge in [0.05, 0.1) is 18.2 Å². The molecule has 6 rings (SSSR count). The maximum Gasteiger partial charge on any atom is 0.300 e. The third-order valence-electron chi connectivity index (χ3n) is 6.66. The summed E-state index contributed by atoms with van der Waals surface area (Å²) in [5.74, 6) is -0.561. The van der Waals surface area contributed by atoms with Crippen molar-refractivity contribution in [1.29, 1.82) is 0 Å². The lowest BCUT2D eigenvalue weighted by atomic mass is 9.94. The first-order valence-electron chi connectivity index (χ1n) is 12.1. The van der Waals surface area contributed by atoms with Crippen molar-refractivity contribution in [1.82, 2.24) is 0 Å². The molecule has 0 aliphatic carbocycles. The molecule has 0 spiro atoms. The normalized spacial score (nSPS) is 17.8. The topological polar surface area (TPSA) is 76.1 Å². The van der Waals surface area contributed by atoms with Crippen molar-refractivity contribution >= 4 is 23.1 Å². The summed E-state index contributed by atoms with van der Waals surface area (Å²) in [7, 11) is 0. The van der Waals surface area contributed by atoms with Gasteiger partial charge < -0.3 is 14.6 Å². The highest BCUT2D eigenvalue weighted by Gasteiger charge is 2.47. The molecule has 0 radical (unpaired) electrons. The molecule has 0 bridgehead atoms. The molecular formula is C31H22FNO5. The SMILES string of the molecule is O=C1C(=O)N(c2ccc(F)cc2)C(c2cccc(Oc3ccccc3)c2)/C1=C(/O)c1ccc2c(c1)CCO2. The maximum absolute atomic E-state index is 13.7. The molecule has 4 aromatic rings. The summed E-state index contributed by atoms with van der Waals surface area (Å²) in [5, 5.41) is 11.4. The van der Waals surface area contributed by atoms with Crippen LogP contribution in [0.25, 0.3) is 5.76 Å². The molecule has 2 aliphatic heterocycles. The van der Waals surface area contributed by atoms with Gasteiger partial charge in [-0.25, -0.2) is 4.39 Å². The zero-order valence-corrected chi connectivity index (χ0v) is 20.1. The number of aliphatic hydroxyl groups excluding tert-OH is 1. The Bertz CT molecular complexity index is 1580. The molecule has 0 saturated carbocycles. The van der Waals surface area contributed by atoms with Crippen LogP contribution in [0.5, 0.6) is 17.2 Å². The first kappa shape index (κ1) is 23.5. The number of benzene rings is 4. The molecule has 7 heteroatoms. The van der Waals surface area contributed by atoms with Crippen molar-refractivity contribution in [2.45, 2.75) is 12.5 Å². The van der Waals surface area contributed by atoms with Crippen LogP contribution >= 0.6 is 0 Å². The molecule has 1 atom stereocenters. The minimum absolute atomic E-state index is 0.0601. The zero-order valence-electron chi connectivity index (χ0n) is 20.1. The molecule has 6 nitrogen and oxygen atoms in total. The lowest BCUT2D eigenvalue weighted by Gasteiger charge is -2.26. The molecule has 1 amide bonds. The number of carbonyl (C=O) groups is 2. The highest BCUT2D eigenvalue weighted by atomic mass is 19.1. The van der Waals surface area contributed by atoms with Crippen LogP contribution in [0.15, 0.2) is 103 Å². The summed E-state index contributed by atoms with van der Waals surface area (Å²) in [5.41, 5.74) is 2.14. The van der Waals surface area contributed by atoms with E-state index in [1.807, 2.05) is 30.3 Å². The minimum Gasteiger partial charge on any atom is -0.507 e. The molecule has 2 heterocycles. The third-order valence-corrected chi connectivity index (χ3v) is 6.66. The van der Waals surface area contributed by atoms with Gasteiger partial charge in [-0.05, 0) is 77.9 Å². The van der Waals surface area contributed by atoms with Crippen molar-refractivity contribution in [3.63, 3.8) is 0 Å². The van der Waals surface area contributed by atoms with Crippen LogP contribution in [0.4, 0.5) is 10.1 Å². The second-order valence-electron chi connectivity index (χ2n) is 9.05. The molecule has 4 aromatic carbocycles. The summed E-state index contributed by atoms with van der Waals surface area (Å²) >= 11 is 0. The Labute approximate surface area is 218 Å². The summed E-state index contributed by atoms with van der Waals surface area (Å²) < 4.78 is 25.3. The lowest BCUT2D eigenvalue weighted by Crippen LogP contribution is -2.29. The van der Waals surface area contributed by atoms with Gasteiger partial charge in [0.2, 0.25) is 0 Å². The quantitative estimate of drug-likeness (QED) is 0.198. The molecule has 38 heavy (non-hydrogen) atoms. The Morgan fingerprint density at radius 3 is 2.45 bits per heavy atom. The molecule has 2 aliphatic rings. The number of para-hydroxylation sites is 1. The number of Topliss-reactive ketones (excluding diaryl/α,β-unsaturated/α-hetero) is 1. The smallest absolute Gasteiger partial charge is 0.300 e. The van der Waals surface area contributed by atoms with E-state index in [1.165, 1.54) is 29.2 Å². The monoisotopic (exact) mass is 507 g/mol. The maximum atomic E-state index is 13.7. The van der Waals surface area contributed by atoms with Gasteiger partial charge in [-0.15, -0.1) is 0 Å². The van der Waals surface area contributed by atoms with Crippen molar-refractivity contribution in [2.24, 2.45) is 0 Å². The van der Waals surface area contributed by atoms with Gasteiger partial charge in [-0.2, -0.15) is 0 Å². The Morgan fingerprint density at radius 2 is 1.66 bits per heavy atom. The fourth-order valence-corrected chi connectivity index (χ4v) is 4.88. The van der Waals surface area contributed by atoms with E-state index in [4.69, 9.17) is 9.47 Å². The Morgan fingerprint density at radius 1 is 0.895 bits per heavy atom. The highest BCUT2D eigenvalue weighted by molar-refractivity contribution is 6.51. The highest BCUT2D eigenvalue weighted by Crippen LogP contribution is 2.43. The van der Waals surface area contributed by atoms with E-state index < -0.39 is 23.5 Å².